The zero-order valence-electron chi connectivity index (χ0n) is 5.84. The monoisotopic (exact) mass is 354 g/mol. The van der Waals surface area contributed by atoms with Crippen LogP contribution in [0, 0.1) is 25.0 Å². The van der Waals surface area contributed by atoms with E-state index in [9.17, 15) is 4.79 Å². The van der Waals surface area contributed by atoms with Gasteiger partial charge in [-0.1, -0.05) is 0 Å². The summed E-state index contributed by atoms with van der Waals surface area (Å²) in [6, 6.07) is 0.204. The number of hydrogen-bond acceptors (Lipinski definition) is 3. The normalized spacial score (nSPS) is 28.4. The number of rotatable bonds is 1. The van der Waals surface area contributed by atoms with Crippen molar-refractivity contribution in [3.05, 3.63) is 0 Å². The first kappa shape index (κ1) is 8.96. The van der Waals surface area contributed by atoms with Crippen molar-refractivity contribution in [2.24, 2.45) is 0 Å². The molecule has 0 amide bonds. The Hall–Kier alpha value is 0.863. The molecule has 0 radical (unpaired) electrons. The van der Waals surface area contributed by atoms with Gasteiger partial charge in [0.25, 0.3) is 0 Å². The van der Waals surface area contributed by atoms with Crippen molar-refractivity contribution in [3.8, 4) is 0 Å². The maximum absolute atomic E-state index is 11.0. The van der Waals surface area contributed by atoms with Crippen LogP contribution in [0.1, 0.15) is 6.92 Å². The maximum atomic E-state index is 11.0. The summed E-state index contributed by atoms with van der Waals surface area (Å²) < 4.78 is 2.19. The van der Waals surface area contributed by atoms with E-state index in [2.05, 4.69) is 2.84 Å². The van der Waals surface area contributed by atoms with Crippen LogP contribution in [0.5, 0.6) is 0 Å². The fourth-order valence-electron chi connectivity index (χ4n) is 0.898. The van der Waals surface area contributed by atoms with Crippen molar-refractivity contribution < 1.29 is 29.8 Å². The molecule has 1 aliphatic rings. The number of ketones is 1. The van der Waals surface area contributed by atoms with E-state index < -0.39 is 0 Å². The quantitative estimate of drug-likeness (QED) is 0.683. The number of hydrogen-bond donors (Lipinski definition) is 0. The van der Waals surface area contributed by atoms with E-state index in [0.29, 0.717) is 5.78 Å². The fourth-order valence-corrected chi connectivity index (χ4v) is 3.98. The summed E-state index contributed by atoms with van der Waals surface area (Å²) in [7, 11) is 0. The third-order valence-corrected chi connectivity index (χ3v) is 4.13. The topological polar surface area (TPSA) is 20.3 Å². The molecule has 0 aliphatic carbocycles. The third kappa shape index (κ3) is 2.18. The van der Waals surface area contributed by atoms with Gasteiger partial charge in [-0.15, -0.1) is 0 Å². The van der Waals surface area contributed by atoms with Crippen molar-refractivity contribution in [3.63, 3.8) is 0 Å². The molecule has 0 aromatic rings. The summed E-state index contributed by atoms with van der Waals surface area (Å²) in [5.41, 5.74) is 0. The van der Waals surface area contributed by atoms with Gasteiger partial charge in [0.05, 0.1) is 0 Å². The molecule has 0 bridgehead atoms. The van der Waals surface area contributed by atoms with Gasteiger partial charge in [-0.3, -0.25) is 0 Å². The predicted octanol–water partition coefficient (Wildman–Crippen LogP) is 0.457. The molecule has 4 heteroatoms. The average molecular weight is 354 g/mol. The molecule has 0 N–H and O–H groups in total. The number of Topliss-reactive ketones (excluding diaryl/α,β-unsaturated/α-hetero) is 1. The molecule has 0 spiro atoms. The van der Waals surface area contributed by atoms with Crippen LogP contribution in [0.3, 0.4) is 0 Å². The van der Waals surface area contributed by atoms with E-state index in [4.69, 9.17) is 0 Å². The van der Waals surface area contributed by atoms with E-state index in [0.717, 1.165) is 12.3 Å². The fraction of sp³-hybridized carbons (Fsp3) is 0.833. The minimum atomic E-state index is 0.204. The Morgan fingerprint density at radius 2 is 2.50 bits per heavy atom. The molecule has 1 heterocycles. The Kier molecular flexibility index (Phi) is 3.61. The van der Waals surface area contributed by atoms with Crippen molar-refractivity contribution in [2.75, 3.05) is 18.1 Å². The van der Waals surface area contributed by atoms with Gasteiger partial charge in [-0.05, 0) is 0 Å². The molecule has 0 saturated carbocycles. The van der Waals surface area contributed by atoms with Crippen molar-refractivity contribution in [1.29, 1.82) is 0 Å². The van der Waals surface area contributed by atoms with Gasteiger partial charge in [-0.2, -0.15) is 0 Å². The van der Waals surface area contributed by atoms with Crippen LogP contribution in [-0.2, 0) is 4.79 Å². The minimum absolute atomic E-state index is 0.204. The van der Waals surface area contributed by atoms with Crippen molar-refractivity contribution >= 4 is 17.5 Å². The first-order valence-electron chi connectivity index (χ1n) is 3.22. The van der Waals surface area contributed by atoms with E-state index in [1.165, 1.54) is 5.75 Å². The van der Waals surface area contributed by atoms with Gasteiger partial charge < -0.3 is 0 Å². The van der Waals surface area contributed by atoms with Gasteiger partial charge in [0, 0.05) is 0 Å². The zero-order chi connectivity index (χ0) is 7.56. The number of nitrogens with zero attached hydrogens (tertiary/aromatic N) is 1. The Labute approximate surface area is 81.0 Å². The van der Waals surface area contributed by atoms with E-state index in [1.54, 1.807) is 31.9 Å². The van der Waals surface area contributed by atoms with Crippen molar-refractivity contribution in [2.45, 2.75) is 13.0 Å². The van der Waals surface area contributed by atoms with Gasteiger partial charge in [-0.25, -0.2) is 0 Å². The third-order valence-electron chi connectivity index (χ3n) is 1.53. The molecule has 1 unspecified atom stereocenters. The Morgan fingerprint density at radius 1 is 1.80 bits per heavy atom. The molecule has 0 aromatic heterocycles. The summed E-state index contributed by atoms with van der Waals surface area (Å²) in [5, 5.41) is 0. The molecule has 1 fully saturated rings. The molecule has 2 nitrogen and oxygen atoms in total. The Morgan fingerprint density at radius 3 is 2.90 bits per heavy atom. The first-order valence-corrected chi connectivity index (χ1v) is 5.69. The second kappa shape index (κ2) is 4.03. The van der Waals surface area contributed by atoms with Crippen LogP contribution in [0.15, 0.2) is 0 Å². The Bertz CT molecular complexity index is 142. The molecular weight excluding hydrogens is 344 g/mol. The SMILES string of the molecule is CC(=O)C1CSCCN1[At]. The Balaban J connectivity index is 2.47. The molecule has 1 rings (SSSR count). The predicted molar refractivity (Wildman–Crippen MR) is 38.5 cm³/mol. The zero-order valence-corrected chi connectivity index (χ0v) is 9.60. The van der Waals surface area contributed by atoms with Crippen LogP contribution < -0.4 is 0 Å². The molecule has 0 aromatic carbocycles. The van der Waals surface area contributed by atoms with Crippen LogP contribution in [-0.4, -0.2) is 32.7 Å². The second-order valence-corrected chi connectivity index (χ2v) is 5.16. The summed E-state index contributed by atoms with van der Waals surface area (Å²) >= 11 is 3.51. The standard InChI is InChI=1S/C6H10AtNOS/c1-5(9)6-4-10-3-2-8(6)7/h6H,2-4H2,1H3. The van der Waals surface area contributed by atoms with Crippen LogP contribution >= 0.6 is 11.8 Å². The molecule has 58 valence electrons. The number of carbonyl (C=O) groups is 1. The first-order chi connectivity index (χ1) is 4.72. The summed E-state index contributed by atoms with van der Waals surface area (Å²) in [6.45, 7) is 2.76. The van der Waals surface area contributed by atoms with Gasteiger partial charge >= 0.3 is 81.2 Å². The van der Waals surface area contributed by atoms with Gasteiger partial charge in [0.15, 0.2) is 0 Å². The van der Waals surface area contributed by atoms with Gasteiger partial charge in [0.1, 0.15) is 0 Å². The summed E-state index contributed by atoms with van der Waals surface area (Å²) in [4.78, 5) is 11.0. The molecule has 10 heavy (non-hydrogen) atoms. The molecule has 1 aliphatic heterocycles. The van der Waals surface area contributed by atoms with Crippen LogP contribution in [0.2, 0.25) is 0 Å². The second-order valence-electron chi connectivity index (χ2n) is 2.32. The van der Waals surface area contributed by atoms with E-state index in [1.807, 2.05) is 11.8 Å². The van der Waals surface area contributed by atoms with Crippen molar-refractivity contribution in [1.82, 2.24) is 2.84 Å². The van der Waals surface area contributed by atoms with Crippen LogP contribution in [0.4, 0.5) is 0 Å². The molecule has 1 saturated heterocycles. The number of thioether (sulfide) groups is 1. The summed E-state index contributed by atoms with van der Waals surface area (Å²) in [5.74, 6) is 2.49. The van der Waals surface area contributed by atoms with E-state index in [-0.39, 0.29) is 6.04 Å². The molecule has 1 atom stereocenters. The average Bonchev–Trinajstić information content (AvgIpc) is 1.88. The van der Waals surface area contributed by atoms with Crippen LogP contribution in [0.25, 0.3) is 0 Å². The number of carbonyl (C=O) groups excluding carboxylic acids is 1. The van der Waals surface area contributed by atoms with E-state index >= 15 is 0 Å². The summed E-state index contributed by atoms with van der Waals surface area (Å²) in [6.07, 6.45) is 0. The molecular formula is C6H10AtNOS. The van der Waals surface area contributed by atoms with Gasteiger partial charge in [0.2, 0.25) is 0 Å².